The van der Waals surface area contributed by atoms with Crippen LogP contribution in [-0.2, 0) is 17.8 Å². The first-order valence-electron chi connectivity index (χ1n) is 8.52. The number of guanidine groups is 1. The minimum absolute atomic E-state index is 0.534. The zero-order valence-electron chi connectivity index (χ0n) is 14.3. The molecule has 0 amide bonds. The van der Waals surface area contributed by atoms with E-state index in [1.165, 1.54) is 0 Å². The number of aryl methyl sites for hydroxylation is 1. The molecule has 0 saturated carbocycles. The minimum atomic E-state index is 0.534. The van der Waals surface area contributed by atoms with Crippen LogP contribution < -0.4 is 10.6 Å². The van der Waals surface area contributed by atoms with Gasteiger partial charge in [0.15, 0.2) is 11.8 Å². The van der Waals surface area contributed by atoms with E-state index < -0.39 is 0 Å². The van der Waals surface area contributed by atoms with Crippen LogP contribution in [0.3, 0.4) is 0 Å². The molecule has 2 N–H and O–H groups in total. The number of hydrogen-bond donors (Lipinski definition) is 2. The molecule has 23 heavy (non-hydrogen) atoms. The molecule has 130 valence electrons. The van der Waals surface area contributed by atoms with Crippen LogP contribution in [-0.4, -0.2) is 71.6 Å². The van der Waals surface area contributed by atoms with Crippen molar-refractivity contribution in [2.45, 2.75) is 33.4 Å². The molecule has 0 aromatic carbocycles. The van der Waals surface area contributed by atoms with Gasteiger partial charge >= 0.3 is 0 Å². The van der Waals surface area contributed by atoms with Crippen LogP contribution in [0.5, 0.6) is 0 Å². The monoisotopic (exact) mass is 323 g/mol. The Kier molecular flexibility index (Phi) is 7.82. The minimum Gasteiger partial charge on any atom is -0.379 e. The predicted molar refractivity (Wildman–Crippen MR) is 90.4 cm³/mol. The summed E-state index contributed by atoms with van der Waals surface area (Å²) in [4.78, 5) is 7.03. The zero-order chi connectivity index (χ0) is 16.3. The number of aromatic nitrogens is 3. The molecule has 2 rings (SSSR count). The quantitative estimate of drug-likeness (QED) is 0.401. The number of nitrogens with one attached hydrogen (secondary N) is 2. The summed E-state index contributed by atoms with van der Waals surface area (Å²) >= 11 is 0. The first-order chi connectivity index (χ1) is 11.3. The van der Waals surface area contributed by atoms with Crippen molar-refractivity contribution in [2.75, 3.05) is 45.9 Å². The Morgan fingerprint density at radius 1 is 1.30 bits per heavy atom. The molecule has 0 radical (unpaired) electrons. The molecule has 8 nitrogen and oxygen atoms in total. The third-order valence-electron chi connectivity index (χ3n) is 3.81. The fourth-order valence-corrected chi connectivity index (χ4v) is 2.49. The van der Waals surface area contributed by atoms with E-state index >= 15 is 0 Å². The predicted octanol–water partition coefficient (Wildman–Crippen LogP) is 0.0754. The number of nitrogens with zero attached hydrogens (tertiary/aromatic N) is 5. The van der Waals surface area contributed by atoms with Crippen molar-refractivity contribution in [1.29, 1.82) is 0 Å². The van der Waals surface area contributed by atoms with Gasteiger partial charge in [-0.25, -0.2) is 4.99 Å². The molecular formula is C15H29N7O. The van der Waals surface area contributed by atoms with Crippen LogP contribution in [0.1, 0.15) is 26.1 Å². The third-order valence-corrected chi connectivity index (χ3v) is 3.81. The van der Waals surface area contributed by atoms with Gasteiger partial charge in [0.05, 0.1) is 13.2 Å². The lowest BCUT2D eigenvalue weighted by Crippen LogP contribution is -2.40. The van der Waals surface area contributed by atoms with E-state index in [0.717, 1.165) is 70.7 Å². The SMILES string of the molecule is CCNC(=NCc1nncn1CC)NCCCN1CCOCC1. The Bertz CT molecular complexity index is 468. The molecule has 0 unspecified atom stereocenters. The summed E-state index contributed by atoms with van der Waals surface area (Å²) in [6, 6.07) is 0. The van der Waals surface area contributed by atoms with E-state index in [4.69, 9.17) is 4.74 Å². The molecule has 1 saturated heterocycles. The standard InChI is InChI=1S/C15H29N7O/c1-3-16-15(18-12-14-20-19-13-22(14)4-2)17-6-5-7-21-8-10-23-11-9-21/h13H,3-12H2,1-2H3,(H2,16,17,18). The molecule has 8 heteroatoms. The van der Waals surface area contributed by atoms with Crippen LogP contribution in [0.4, 0.5) is 0 Å². The molecule has 1 aliphatic rings. The molecule has 1 aromatic heterocycles. The number of hydrogen-bond acceptors (Lipinski definition) is 5. The summed E-state index contributed by atoms with van der Waals surface area (Å²) in [5.41, 5.74) is 0. The van der Waals surface area contributed by atoms with E-state index in [9.17, 15) is 0 Å². The summed E-state index contributed by atoms with van der Waals surface area (Å²) in [6.45, 7) is 12.2. The summed E-state index contributed by atoms with van der Waals surface area (Å²) in [5.74, 6) is 1.72. The van der Waals surface area contributed by atoms with E-state index in [-0.39, 0.29) is 0 Å². The van der Waals surface area contributed by atoms with Gasteiger partial charge in [-0.3, -0.25) is 4.90 Å². The van der Waals surface area contributed by atoms with Gasteiger partial charge in [0, 0.05) is 32.7 Å². The smallest absolute Gasteiger partial charge is 0.191 e. The highest BCUT2D eigenvalue weighted by atomic mass is 16.5. The highest BCUT2D eigenvalue weighted by Crippen LogP contribution is 1.98. The zero-order valence-corrected chi connectivity index (χ0v) is 14.3. The van der Waals surface area contributed by atoms with Crippen molar-refractivity contribution in [3.8, 4) is 0 Å². The fourth-order valence-electron chi connectivity index (χ4n) is 2.49. The molecule has 1 aromatic rings. The first kappa shape index (κ1) is 17.7. The summed E-state index contributed by atoms with van der Waals surface area (Å²) < 4.78 is 7.37. The van der Waals surface area contributed by atoms with E-state index in [1.54, 1.807) is 6.33 Å². The lowest BCUT2D eigenvalue weighted by molar-refractivity contribution is 0.0376. The molecule has 1 aliphatic heterocycles. The maximum absolute atomic E-state index is 5.36. The van der Waals surface area contributed by atoms with Crippen LogP contribution in [0.25, 0.3) is 0 Å². The molecule has 0 atom stereocenters. The summed E-state index contributed by atoms with van der Waals surface area (Å²) in [6.07, 6.45) is 2.84. The molecule has 0 spiro atoms. The second-order valence-electron chi connectivity index (χ2n) is 5.46. The Labute approximate surface area is 138 Å². The van der Waals surface area contributed by atoms with Gasteiger partial charge in [-0.1, -0.05) is 0 Å². The Hall–Kier alpha value is -1.67. The van der Waals surface area contributed by atoms with Crippen LogP contribution in [0.2, 0.25) is 0 Å². The van der Waals surface area contributed by atoms with E-state index in [1.807, 2.05) is 4.57 Å². The fraction of sp³-hybridized carbons (Fsp3) is 0.800. The van der Waals surface area contributed by atoms with Crippen LogP contribution in [0.15, 0.2) is 11.3 Å². The maximum atomic E-state index is 5.36. The average Bonchev–Trinajstić information content (AvgIpc) is 3.05. The highest BCUT2D eigenvalue weighted by molar-refractivity contribution is 5.79. The van der Waals surface area contributed by atoms with Crippen molar-refractivity contribution < 1.29 is 4.74 Å². The maximum Gasteiger partial charge on any atom is 0.191 e. The van der Waals surface area contributed by atoms with Crippen molar-refractivity contribution in [3.63, 3.8) is 0 Å². The van der Waals surface area contributed by atoms with Gasteiger partial charge in [0.2, 0.25) is 0 Å². The molecular weight excluding hydrogens is 294 g/mol. The number of aliphatic imine (C=N–C) groups is 1. The van der Waals surface area contributed by atoms with Gasteiger partial charge in [-0.15, -0.1) is 10.2 Å². The Balaban J connectivity index is 1.73. The topological polar surface area (TPSA) is 79.6 Å². The Morgan fingerprint density at radius 3 is 2.87 bits per heavy atom. The van der Waals surface area contributed by atoms with Gasteiger partial charge in [0.25, 0.3) is 0 Å². The molecule has 1 fully saturated rings. The van der Waals surface area contributed by atoms with Gasteiger partial charge < -0.3 is 19.9 Å². The highest BCUT2D eigenvalue weighted by Gasteiger charge is 2.09. The van der Waals surface area contributed by atoms with E-state index in [0.29, 0.717) is 6.54 Å². The summed E-state index contributed by atoms with van der Waals surface area (Å²) in [7, 11) is 0. The first-order valence-corrected chi connectivity index (χ1v) is 8.52. The second kappa shape index (κ2) is 10.2. The van der Waals surface area contributed by atoms with Gasteiger partial charge in [-0.2, -0.15) is 0 Å². The van der Waals surface area contributed by atoms with Crippen molar-refractivity contribution in [3.05, 3.63) is 12.2 Å². The molecule has 0 aliphatic carbocycles. The number of ether oxygens (including phenoxy) is 1. The van der Waals surface area contributed by atoms with Gasteiger partial charge in [-0.05, 0) is 26.8 Å². The second-order valence-corrected chi connectivity index (χ2v) is 5.46. The molecule has 2 heterocycles. The van der Waals surface area contributed by atoms with Crippen molar-refractivity contribution in [2.24, 2.45) is 4.99 Å². The third kappa shape index (κ3) is 6.15. The van der Waals surface area contributed by atoms with Gasteiger partial charge in [0.1, 0.15) is 12.9 Å². The Morgan fingerprint density at radius 2 is 2.13 bits per heavy atom. The lowest BCUT2D eigenvalue weighted by atomic mass is 10.3. The van der Waals surface area contributed by atoms with Crippen LogP contribution >= 0.6 is 0 Å². The van der Waals surface area contributed by atoms with E-state index in [2.05, 4.69) is 44.6 Å². The lowest BCUT2D eigenvalue weighted by Gasteiger charge is -2.26. The normalized spacial score (nSPS) is 16.5. The van der Waals surface area contributed by atoms with Crippen molar-refractivity contribution in [1.82, 2.24) is 30.3 Å². The number of rotatable bonds is 8. The average molecular weight is 323 g/mol. The van der Waals surface area contributed by atoms with Crippen molar-refractivity contribution >= 4 is 5.96 Å². The number of morpholine rings is 1. The molecule has 0 bridgehead atoms. The summed E-state index contributed by atoms with van der Waals surface area (Å²) in [5, 5.41) is 14.7. The largest absolute Gasteiger partial charge is 0.379 e. The van der Waals surface area contributed by atoms with Crippen LogP contribution in [0, 0.1) is 0 Å².